The van der Waals surface area contributed by atoms with E-state index < -0.39 is 0 Å². The van der Waals surface area contributed by atoms with Crippen molar-refractivity contribution in [3.05, 3.63) is 36.0 Å². The van der Waals surface area contributed by atoms with Crippen molar-refractivity contribution in [2.75, 3.05) is 6.54 Å². The van der Waals surface area contributed by atoms with Gasteiger partial charge in [0, 0.05) is 23.1 Å². The normalized spacial score (nSPS) is 21.7. The van der Waals surface area contributed by atoms with Crippen molar-refractivity contribution in [2.24, 2.45) is 0 Å². The number of H-pyrrole nitrogens is 1. The molecule has 0 bridgehead atoms. The number of aromatic nitrogens is 1. The molecule has 0 amide bonds. The number of hydrogen-bond acceptors (Lipinski definition) is 1. The number of nitrogens with one attached hydrogen (secondary N) is 2. The maximum absolute atomic E-state index is 3.42. The molecule has 2 N–H and O–H groups in total. The first-order chi connectivity index (χ1) is 6.45. The van der Waals surface area contributed by atoms with Crippen LogP contribution in [0.15, 0.2) is 30.5 Å². The largest absolute Gasteiger partial charge is 0.361 e. The first kappa shape index (κ1) is 7.15. The molecule has 1 fully saturated rings. The molecule has 1 aliphatic heterocycles. The second-order valence-electron chi connectivity index (χ2n) is 3.58. The molecule has 0 unspecified atom stereocenters. The highest BCUT2D eigenvalue weighted by atomic mass is 15.0. The zero-order valence-corrected chi connectivity index (χ0v) is 7.38. The molecule has 0 aliphatic carbocycles. The highest BCUT2D eigenvalue weighted by molar-refractivity contribution is 5.83. The minimum atomic E-state index is 0.580. The molecule has 2 heterocycles. The molecule has 0 spiro atoms. The van der Waals surface area contributed by atoms with Crippen molar-refractivity contribution >= 4 is 10.9 Å². The first-order valence-corrected chi connectivity index (χ1v) is 4.74. The lowest BCUT2D eigenvalue weighted by Crippen LogP contribution is -2.34. The fourth-order valence-electron chi connectivity index (χ4n) is 1.94. The summed E-state index contributed by atoms with van der Waals surface area (Å²) in [6, 6.07) is 9.05. The standard InChI is InChI=1S/C11H12N2/c1-2-4-10-8(3-1)9(7-13-10)11-5-6-12-11/h1-4,7,11-13H,5-6H2/t11-/m1/s1. The van der Waals surface area contributed by atoms with E-state index in [0.717, 1.165) is 6.54 Å². The summed E-state index contributed by atoms with van der Waals surface area (Å²) >= 11 is 0. The molecule has 1 atom stereocenters. The quantitative estimate of drug-likeness (QED) is 0.678. The molecular formula is C11H12N2. The van der Waals surface area contributed by atoms with Crippen LogP contribution in [0.25, 0.3) is 10.9 Å². The summed E-state index contributed by atoms with van der Waals surface area (Å²) < 4.78 is 0. The number of aromatic amines is 1. The molecule has 2 nitrogen and oxygen atoms in total. The first-order valence-electron chi connectivity index (χ1n) is 4.74. The average Bonchev–Trinajstić information content (AvgIpc) is 2.47. The molecular weight excluding hydrogens is 160 g/mol. The molecule has 2 aromatic rings. The number of benzene rings is 1. The van der Waals surface area contributed by atoms with Crippen molar-refractivity contribution in [1.29, 1.82) is 0 Å². The molecule has 0 radical (unpaired) electrons. The molecule has 1 aliphatic rings. The Balaban J connectivity index is 2.17. The van der Waals surface area contributed by atoms with Crippen molar-refractivity contribution in [3.8, 4) is 0 Å². The maximum Gasteiger partial charge on any atom is 0.0457 e. The van der Waals surface area contributed by atoms with Crippen LogP contribution in [-0.4, -0.2) is 11.5 Å². The number of hydrogen-bond donors (Lipinski definition) is 2. The average molecular weight is 172 g/mol. The minimum Gasteiger partial charge on any atom is -0.361 e. The van der Waals surface area contributed by atoms with Gasteiger partial charge in [-0.15, -0.1) is 0 Å². The Bertz CT molecular complexity index is 426. The third-order valence-electron chi connectivity index (χ3n) is 2.82. The van der Waals surface area contributed by atoms with Gasteiger partial charge >= 0.3 is 0 Å². The van der Waals surface area contributed by atoms with Gasteiger partial charge in [-0.1, -0.05) is 18.2 Å². The van der Waals surface area contributed by atoms with Gasteiger partial charge in [0.15, 0.2) is 0 Å². The lowest BCUT2D eigenvalue weighted by Gasteiger charge is -2.27. The Morgan fingerprint density at radius 2 is 2.08 bits per heavy atom. The third-order valence-corrected chi connectivity index (χ3v) is 2.82. The fraction of sp³-hybridized carbons (Fsp3) is 0.273. The van der Waals surface area contributed by atoms with Crippen LogP contribution in [-0.2, 0) is 0 Å². The van der Waals surface area contributed by atoms with E-state index in [1.165, 1.54) is 22.9 Å². The van der Waals surface area contributed by atoms with Crippen LogP contribution in [0.5, 0.6) is 0 Å². The van der Waals surface area contributed by atoms with Gasteiger partial charge in [-0.3, -0.25) is 0 Å². The van der Waals surface area contributed by atoms with E-state index >= 15 is 0 Å². The molecule has 1 saturated heterocycles. The van der Waals surface area contributed by atoms with E-state index in [-0.39, 0.29) is 0 Å². The summed E-state index contributed by atoms with van der Waals surface area (Å²) in [5.41, 5.74) is 2.66. The van der Waals surface area contributed by atoms with Gasteiger partial charge < -0.3 is 10.3 Å². The van der Waals surface area contributed by atoms with E-state index in [9.17, 15) is 0 Å². The predicted molar refractivity (Wildman–Crippen MR) is 53.7 cm³/mol. The Morgan fingerprint density at radius 3 is 2.85 bits per heavy atom. The third kappa shape index (κ3) is 0.988. The van der Waals surface area contributed by atoms with Gasteiger partial charge in [-0.05, 0) is 24.6 Å². The second kappa shape index (κ2) is 2.60. The van der Waals surface area contributed by atoms with Gasteiger partial charge in [0.25, 0.3) is 0 Å². The molecule has 3 rings (SSSR count). The fourth-order valence-corrected chi connectivity index (χ4v) is 1.94. The summed E-state index contributed by atoms with van der Waals surface area (Å²) in [6.45, 7) is 1.16. The van der Waals surface area contributed by atoms with Crippen molar-refractivity contribution in [1.82, 2.24) is 10.3 Å². The van der Waals surface area contributed by atoms with Gasteiger partial charge in [0.05, 0.1) is 0 Å². The minimum absolute atomic E-state index is 0.580. The molecule has 1 aromatic carbocycles. The number of fused-ring (bicyclic) bond motifs is 1. The second-order valence-corrected chi connectivity index (χ2v) is 3.58. The molecule has 66 valence electrons. The molecule has 13 heavy (non-hydrogen) atoms. The smallest absolute Gasteiger partial charge is 0.0457 e. The lowest BCUT2D eigenvalue weighted by molar-refractivity contribution is 0.385. The highest BCUT2D eigenvalue weighted by Gasteiger charge is 2.20. The summed E-state index contributed by atoms with van der Waals surface area (Å²) in [5.74, 6) is 0. The van der Waals surface area contributed by atoms with Crippen LogP contribution in [0.4, 0.5) is 0 Å². The highest BCUT2D eigenvalue weighted by Crippen LogP contribution is 2.29. The molecule has 1 aromatic heterocycles. The van der Waals surface area contributed by atoms with E-state index in [4.69, 9.17) is 0 Å². The SMILES string of the molecule is c1ccc2c([C@H]3CCN3)c[nH]c2c1. The summed E-state index contributed by atoms with van der Waals surface area (Å²) in [5, 5.41) is 4.78. The van der Waals surface area contributed by atoms with Crippen LogP contribution in [0.2, 0.25) is 0 Å². The van der Waals surface area contributed by atoms with E-state index in [1.807, 2.05) is 0 Å². The van der Waals surface area contributed by atoms with Crippen molar-refractivity contribution < 1.29 is 0 Å². The Kier molecular flexibility index (Phi) is 1.43. The zero-order valence-electron chi connectivity index (χ0n) is 7.38. The van der Waals surface area contributed by atoms with Crippen LogP contribution < -0.4 is 5.32 Å². The zero-order chi connectivity index (χ0) is 8.67. The van der Waals surface area contributed by atoms with Gasteiger partial charge in [0.2, 0.25) is 0 Å². The topological polar surface area (TPSA) is 27.8 Å². The van der Waals surface area contributed by atoms with Crippen LogP contribution in [0, 0.1) is 0 Å². The van der Waals surface area contributed by atoms with E-state index in [0.29, 0.717) is 6.04 Å². The molecule has 2 heteroatoms. The van der Waals surface area contributed by atoms with E-state index in [2.05, 4.69) is 40.8 Å². The van der Waals surface area contributed by atoms with Gasteiger partial charge in [0.1, 0.15) is 0 Å². The number of para-hydroxylation sites is 1. The number of rotatable bonds is 1. The van der Waals surface area contributed by atoms with Crippen molar-refractivity contribution in [3.63, 3.8) is 0 Å². The van der Waals surface area contributed by atoms with Crippen LogP contribution >= 0.6 is 0 Å². The summed E-state index contributed by atoms with van der Waals surface area (Å²) in [7, 11) is 0. The summed E-state index contributed by atoms with van der Waals surface area (Å²) in [6.07, 6.45) is 3.39. The predicted octanol–water partition coefficient (Wildman–Crippen LogP) is 2.20. The van der Waals surface area contributed by atoms with Gasteiger partial charge in [-0.2, -0.15) is 0 Å². The molecule has 0 saturated carbocycles. The monoisotopic (exact) mass is 172 g/mol. The Hall–Kier alpha value is -1.28. The van der Waals surface area contributed by atoms with E-state index in [1.54, 1.807) is 0 Å². The Labute approximate surface area is 77.0 Å². The van der Waals surface area contributed by atoms with Crippen molar-refractivity contribution in [2.45, 2.75) is 12.5 Å². The maximum atomic E-state index is 3.42. The summed E-state index contributed by atoms with van der Waals surface area (Å²) in [4.78, 5) is 3.30. The van der Waals surface area contributed by atoms with Crippen LogP contribution in [0.1, 0.15) is 18.0 Å². The lowest BCUT2D eigenvalue weighted by atomic mass is 9.98. The van der Waals surface area contributed by atoms with Gasteiger partial charge in [-0.25, -0.2) is 0 Å². The Morgan fingerprint density at radius 1 is 1.23 bits per heavy atom. The van der Waals surface area contributed by atoms with Crippen LogP contribution in [0.3, 0.4) is 0 Å².